The molecule has 21 heavy (non-hydrogen) atoms. The molecular formula is C13H18F3NO4. The number of carboxylic acid groups (broad SMARTS) is 1. The number of nitrogens with zero attached hydrogens (tertiary/aromatic N) is 1. The minimum Gasteiger partial charge on any atom is -0.481 e. The van der Waals surface area contributed by atoms with Gasteiger partial charge in [0.05, 0.1) is 6.10 Å². The van der Waals surface area contributed by atoms with Crippen LogP contribution < -0.4 is 0 Å². The van der Waals surface area contributed by atoms with Crippen molar-refractivity contribution >= 4 is 11.9 Å². The van der Waals surface area contributed by atoms with Crippen molar-refractivity contribution in [1.82, 2.24) is 4.90 Å². The molecule has 5 nitrogen and oxygen atoms in total. The van der Waals surface area contributed by atoms with Crippen LogP contribution in [-0.2, 0) is 14.3 Å². The molecule has 1 amide bonds. The Morgan fingerprint density at radius 2 is 2.10 bits per heavy atom. The number of halogens is 3. The van der Waals surface area contributed by atoms with Crippen molar-refractivity contribution in [3.05, 3.63) is 0 Å². The van der Waals surface area contributed by atoms with Gasteiger partial charge in [-0.15, -0.1) is 0 Å². The zero-order chi connectivity index (χ0) is 15.7. The minimum absolute atomic E-state index is 0.0107. The lowest BCUT2D eigenvalue weighted by molar-refractivity contribution is -0.227. The van der Waals surface area contributed by atoms with E-state index in [1.807, 2.05) is 0 Å². The predicted molar refractivity (Wildman–Crippen MR) is 65.5 cm³/mol. The predicted octanol–water partition coefficient (Wildman–Crippen LogP) is 1.81. The average Bonchev–Trinajstić information content (AvgIpc) is 3.04. The number of carboxylic acids is 1. The Bertz CT molecular complexity index is 420. The molecule has 1 N–H and O–H groups in total. The highest BCUT2D eigenvalue weighted by atomic mass is 19.4. The van der Waals surface area contributed by atoms with Gasteiger partial charge < -0.3 is 14.7 Å². The maximum Gasteiger partial charge on any atom is 0.406 e. The molecule has 2 unspecified atom stereocenters. The second kappa shape index (κ2) is 5.82. The molecule has 0 aromatic heterocycles. The van der Waals surface area contributed by atoms with E-state index < -0.39 is 36.4 Å². The molecule has 2 rings (SSSR count). The van der Waals surface area contributed by atoms with Gasteiger partial charge in [-0.3, -0.25) is 9.59 Å². The largest absolute Gasteiger partial charge is 0.481 e. The van der Waals surface area contributed by atoms with Crippen LogP contribution in [-0.4, -0.2) is 53.9 Å². The topological polar surface area (TPSA) is 66.8 Å². The number of hydrogen-bond donors (Lipinski definition) is 1. The normalized spacial score (nSPS) is 29.9. The molecule has 2 atom stereocenters. The van der Waals surface area contributed by atoms with Gasteiger partial charge in [-0.25, -0.2) is 0 Å². The van der Waals surface area contributed by atoms with Gasteiger partial charge in [0.15, 0.2) is 5.41 Å². The summed E-state index contributed by atoms with van der Waals surface area (Å²) in [4.78, 5) is 24.0. The van der Waals surface area contributed by atoms with Crippen LogP contribution in [0.25, 0.3) is 0 Å². The fourth-order valence-corrected chi connectivity index (χ4v) is 2.86. The van der Waals surface area contributed by atoms with E-state index in [1.54, 1.807) is 0 Å². The van der Waals surface area contributed by atoms with Crippen LogP contribution in [0.4, 0.5) is 13.2 Å². The first-order valence-corrected chi connectivity index (χ1v) is 6.96. The number of likely N-dealkylation sites (tertiary alicyclic amines) is 1. The summed E-state index contributed by atoms with van der Waals surface area (Å²) in [6.07, 6.45) is -3.10. The smallest absolute Gasteiger partial charge is 0.406 e. The van der Waals surface area contributed by atoms with Gasteiger partial charge in [0, 0.05) is 26.1 Å². The molecule has 0 bridgehead atoms. The van der Waals surface area contributed by atoms with Crippen LogP contribution in [0.3, 0.4) is 0 Å². The third-order valence-corrected chi connectivity index (χ3v) is 4.28. The zero-order valence-electron chi connectivity index (χ0n) is 11.5. The summed E-state index contributed by atoms with van der Waals surface area (Å²) in [6.45, 7) is -0.314. The van der Waals surface area contributed by atoms with E-state index in [1.165, 1.54) is 0 Å². The molecule has 2 aliphatic rings. The van der Waals surface area contributed by atoms with Crippen LogP contribution in [0.2, 0.25) is 0 Å². The van der Waals surface area contributed by atoms with Crippen molar-refractivity contribution in [2.24, 2.45) is 5.41 Å². The van der Waals surface area contributed by atoms with E-state index in [0.717, 1.165) is 17.7 Å². The van der Waals surface area contributed by atoms with Crippen molar-refractivity contribution in [3.63, 3.8) is 0 Å². The van der Waals surface area contributed by atoms with E-state index in [4.69, 9.17) is 9.84 Å². The Kier molecular flexibility index (Phi) is 4.46. The van der Waals surface area contributed by atoms with Gasteiger partial charge in [-0.1, -0.05) is 0 Å². The third kappa shape index (κ3) is 3.14. The first kappa shape index (κ1) is 16.1. The lowest BCUT2D eigenvalue weighted by atomic mass is 9.86. The van der Waals surface area contributed by atoms with Gasteiger partial charge in [0.25, 0.3) is 0 Å². The van der Waals surface area contributed by atoms with Crippen molar-refractivity contribution in [2.45, 2.75) is 44.4 Å². The van der Waals surface area contributed by atoms with E-state index in [-0.39, 0.29) is 19.1 Å². The molecule has 120 valence electrons. The van der Waals surface area contributed by atoms with Crippen molar-refractivity contribution < 1.29 is 32.6 Å². The molecule has 2 fully saturated rings. The van der Waals surface area contributed by atoms with Crippen LogP contribution in [0, 0.1) is 5.41 Å². The minimum atomic E-state index is -4.86. The third-order valence-electron chi connectivity index (χ3n) is 4.28. The summed E-state index contributed by atoms with van der Waals surface area (Å²) in [7, 11) is 0. The molecule has 0 aliphatic carbocycles. The number of amides is 1. The fraction of sp³-hybridized carbons (Fsp3) is 0.846. The zero-order valence-corrected chi connectivity index (χ0v) is 11.5. The second-order valence-corrected chi connectivity index (χ2v) is 5.62. The number of alkyl halides is 3. The fourth-order valence-electron chi connectivity index (χ4n) is 2.86. The highest BCUT2D eigenvalue weighted by Gasteiger charge is 2.64. The summed E-state index contributed by atoms with van der Waals surface area (Å²) in [5.41, 5.74) is -2.83. The van der Waals surface area contributed by atoms with Crippen LogP contribution >= 0.6 is 0 Å². The van der Waals surface area contributed by atoms with Crippen molar-refractivity contribution in [2.75, 3.05) is 19.7 Å². The first-order valence-electron chi connectivity index (χ1n) is 6.96. The Labute approximate surface area is 120 Å². The second-order valence-electron chi connectivity index (χ2n) is 5.62. The molecule has 0 saturated carbocycles. The quantitative estimate of drug-likeness (QED) is 0.860. The summed E-state index contributed by atoms with van der Waals surface area (Å²) >= 11 is 0. The van der Waals surface area contributed by atoms with Gasteiger partial charge >= 0.3 is 12.1 Å². The SMILES string of the molecule is O=C(CCC1CCCO1)N1CCC(C(=O)O)(C(F)(F)F)C1. The maximum atomic E-state index is 13.0. The lowest BCUT2D eigenvalue weighted by Crippen LogP contribution is -2.47. The monoisotopic (exact) mass is 309 g/mol. The standard InChI is InChI=1S/C13H18F3NO4/c14-13(15,16)12(11(19)20)5-6-17(8-12)10(18)4-3-9-2-1-7-21-9/h9H,1-8H2,(H,19,20). The van der Waals surface area contributed by atoms with E-state index in [9.17, 15) is 22.8 Å². The molecule has 8 heteroatoms. The van der Waals surface area contributed by atoms with Crippen LogP contribution in [0.15, 0.2) is 0 Å². The Hall–Kier alpha value is -1.31. The van der Waals surface area contributed by atoms with Crippen molar-refractivity contribution in [3.8, 4) is 0 Å². The molecule has 0 aromatic carbocycles. The summed E-state index contributed by atoms with van der Waals surface area (Å²) in [5, 5.41) is 8.92. The van der Waals surface area contributed by atoms with Gasteiger partial charge in [-0.2, -0.15) is 13.2 Å². The van der Waals surface area contributed by atoms with Crippen LogP contribution in [0.5, 0.6) is 0 Å². The Morgan fingerprint density at radius 1 is 1.38 bits per heavy atom. The Morgan fingerprint density at radius 3 is 2.57 bits per heavy atom. The van der Waals surface area contributed by atoms with Crippen LogP contribution in [0.1, 0.15) is 32.1 Å². The highest BCUT2D eigenvalue weighted by molar-refractivity contribution is 5.81. The summed E-state index contributed by atoms with van der Waals surface area (Å²) in [5.74, 6) is -2.35. The highest BCUT2D eigenvalue weighted by Crippen LogP contribution is 2.45. The van der Waals surface area contributed by atoms with Gasteiger partial charge in [0.1, 0.15) is 0 Å². The lowest BCUT2D eigenvalue weighted by Gasteiger charge is -2.27. The van der Waals surface area contributed by atoms with Gasteiger partial charge in [0.2, 0.25) is 5.91 Å². The van der Waals surface area contributed by atoms with E-state index >= 15 is 0 Å². The number of hydrogen-bond acceptors (Lipinski definition) is 3. The molecular weight excluding hydrogens is 291 g/mol. The number of carbonyl (C=O) groups excluding carboxylic acids is 1. The molecule has 0 radical (unpaired) electrons. The van der Waals surface area contributed by atoms with Gasteiger partial charge in [-0.05, 0) is 25.7 Å². The summed E-state index contributed by atoms with van der Waals surface area (Å²) in [6, 6.07) is 0. The molecule has 0 aromatic rings. The molecule has 0 spiro atoms. The first-order chi connectivity index (χ1) is 9.76. The average molecular weight is 309 g/mol. The number of rotatable bonds is 4. The molecule has 2 aliphatic heterocycles. The number of carbonyl (C=O) groups is 2. The van der Waals surface area contributed by atoms with E-state index in [2.05, 4.69) is 0 Å². The molecule has 2 heterocycles. The molecule has 2 saturated heterocycles. The number of ether oxygens (including phenoxy) is 1. The number of aliphatic carboxylic acids is 1. The van der Waals surface area contributed by atoms with E-state index in [0.29, 0.717) is 13.0 Å². The Balaban J connectivity index is 1.93. The summed E-state index contributed by atoms with van der Waals surface area (Å²) < 4.78 is 44.3. The van der Waals surface area contributed by atoms with Crippen molar-refractivity contribution in [1.29, 1.82) is 0 Å². The maximum absolute atomic E-state index is 13.0.